The Labute approximate surface area is 149 Å². The molecule has 0 saturated carbocycles. The lowest BCUT2D eigenvalue weighted by atomic mass is 10.1. The maximum Gasteiger partial charge on any atom is 0.243 e. The van der Waals surface area contributed by atoms with Crippen molar-refractivity contribution in [2.45, 2.75) is 31.3 Å². The van der Waals surface area contributed by atoms with Crippen LogP contribution in [0.3, 0.4) is 0 Å². The first kappa shape index (κ1) is 19.9. The fourth-order valence-electron chi connectivity index (χ4n) is 2.59. The highest BCUT2D eigenvalue weighted by atomic mass is 32.2. The van der Waals surface area contributed by atoms with E-state index in [4.69, 9.17) is 4.74 Å². The van der Waals surface area contributed by atoms with Gasteiger partial charge in [0, 0.05) is 25.0 Å². The van der Waals surface area contributed by atoms with Gasteiger partial charge in [0.25, 0.3) is 0 Å². The molecule has 1 aromatic carbocycles. The Bertz CT molecular complexity index is 801. The van der Waals surface area contributed by atoms with Gasteiger partial charge >= 0.3 is 0 Å². The van der Waals surface area contributed by atoms with Gasteiger partial charge in [0.15, 0.2) is 0 Å². The van der Waals surface area contributed by atoms with Crippen LogP contribution in [0, 0.1) is 5.92 Å². The molecule has 0 amide bonds. The van der Waals surface area contributed by atoms with Crippen molar-refractivity contribution < 1.29 is 21.6 Å². The summed E-state index contributed by atoms with van der Waals surface area (Å²) in [5.41, 5.74) is 0. The summed E-state index contributed by atoms with van der Waals surface area (Å²) in [7, 11) is -7.09. The second-order valence-electron chi connectivity index (χ2n) is 6.22. The van der Waals surface area contributed by atoms with Crippen LogP contribution in [-0.4, -0.2) is 46.9 Å². The van der Waals surface area contributed by atoms with Crippen molar-refractivity contribution in [3.05, 3.63) is 36.3 Å². The fourth-order valence-corrected chi connectivity index (χ4v) is 4.70. The van der Waals surface area contributed by atoms with Crippen molar-refractivity contribution in [1.29, 1.82) is 0 Å². The molecule has 140 valence electrons. The van der Waals surface area contributed by atoms with Crippen molar-refractivity contribution in [3.8, 4) is 5.75 Å². The van der Waals surface area contributed by atoms with Gasteiger partial charge in [-0.05, 0) is 50.5 Å². The van der Waals surface area contributed by atoms with E-state index in [1.807, 2.05) is 13.8 Å². The van der Waals surface area contributed by atoms with Gasteiger partial charge < -0.3 is 4.74 Å². The van der Waals surface area contributed by atoms with Crippen LogP contribution in [0.4, 0.5) is 0 Å². The molecule has 1 atom stereocenters. The molecular formula is C16H24N2O5S2. The Morgan fingerprint density at radius 2 is 1.92 bits per heavy atom. The van der Waals surface area contributed by atoms with E-state index in [2.05, 4.69) is 11.3 Å². The van der Waals surface area contributed by atoms with Crippen LogP contribution >= 0.6 is 0 Å². The van der Waals surface area contributed by atoms with Gasteiger partial charge in [-0.15, -0.1) is 0 Å². The van der Waals surface area contributed by atoms with Gasteiger partial charge in [0.2, 0.25) is 20.0 Å². The average Bonchev–Trinajstić information content (AvgIpc) is 3.03. The molecule has 0 aromatic heterocycles. The minimum absolute atomic E-state index is 0.0149. The Balaban J connectivity index is 2.02. The van der Waals surface area contributed by atoms with Crippen LogP contribution in [0.2, 0.25) is 0 Å². The molecule has 1 unspecified atom stereocenters. The Morgan fingerprint density at radius 1 is 1.28 bits per heavy atom. The van der Waals surface area contributed by atoms with E-state index in [-0.39, 0.29) is 30.0 Å². The predicted octanol–water partition coefficient (Wildman–Crippen LogP) is 1.55. The van der Waals surface area contributed by atoms with Crippen molar-refractivity contribution in [1.82, 2.24) is 9.03 Å². The van der Waals surface area contributed by atoms with Crippen LogP contribution in [0.15, 0.2) is 41.1 Å². The first-order chi connectivity index (χ1) is 11.6. The lowest BCUT2D eigenvalue weighted by Gasteiger charge is -2.17. The molecule has 0 radical (unpaired) electrons. The molecule has 1 saturated heterocycles. The van der Waals surface area contributed by atoms with Gasteiger partial charge in [0.05, 0.1) is 11.0 Å². The monoisotopic (exact) mass is 388 g/mol. The van der Waals surface area contributed by atoms with Crippen LogP contribution in [0.5, 0.6) is 5.75 Å². The third-order valence-electron chi connectivity index (χ3n) is 3.87. The average molecular weight is 389 g/mol. The van der Waals surface area contributed by atoms with E-state index in [0.717, 1.165) is 5.41 Å². The van der Waals surface area contributed by atoms with E-state index in [1.54, 1.807) is 12.1 Å². The number of hydrogen-bond donors (Lipinski definition) is 1. The zero-order chi connectivity index (χ0) is 18.7. The molecule has 1 fully saturated rings. The van der Waals surface area contributed by atoms with Gasteiger partial charge in [-0.1, -0.05) is 6.58 Å². The second kappa shape index (κ2) is 7.86. The molecule has 1 N–H and O–H groups in total. The summed E-state index contributed by atoms with van der Waals surface area (Å²) in [6.45, 7) is 7.87. The highest BCUT2D eigenvalue weighted by molar-refractivity contribution is 7.92. The zero-order valence-electron chi connectivity index (χ0n) is 14.4. The number of sulfonamides is 2. The maximum absolute atomic E-state index is 12.7. The minimum atomic E-state index is -3.60. The summed E-state index contributed by atoms with van der Waals surface area (Å²) in [4.78, 5) is 0.205. The summed E-state index contributed by atoms with van der Waals surface area (Å²) < 4.78 is 57.5. The number of nitrogens with one attached hydrogen (secondary N) is 1. The van der Waals surface area contributed by atoms with Gasteiger partial charge in [-0.2, -0.15) is 4.31 Å². The van der Waals surface area contributed by atoms with Gasteiger partial charge in [0.1, 0.15) is 5.75 Å². The number of ether oxygens (including phenoxy) is 1. The fraction of sp³-hybridized carbons (Fsp3) is 0.500. The molecule has 1 aliphatic rings. The molecular weight excluding hydrogens is 364 g/mol. The normalized spacial score (nSPS) is 19.2. The topological polar surface area (TPSA) is 92.8 Å². The van der Waals surface area contributed by atoms with Crippen molar-refractivity contribution >= 4 is 20.0 Å². The lowest BCUT2D eigenvalue weighted by Crippen LogP contribution is -2.32. The zero-order valence-corrected chi connectivity index (χ0v) is 16.0. The molecule has 9 heteroatoms. The number of benzene rings is 1. The largest absolute Gasteiger partial charge is 0.491 e. The molecule has 0 bridgehead atoms. The lowest BCUT2D eigenvalue weighted by molar-refractivity contribution is 0.242. The SMILES string of the molecule is C=CS(=O)(=O)NCC1CCN(S(=O)(=O)c2ccc(OC(C)C)cc2)C1. The smallest absolute Gasteiger partial charge is 0.243 e. The van der Waals surface area contributed by atoms with E-state index < -0.39 is 20.0 Å². The van der Waals surface area contributed by atoms with Crippen LogP contribution in [-0.2, 0) is 20.0 Å². The minimum Gasteiger partial charge on any atom is -0.491 e. The first-order valence-corrected chi connectivity index (χ1v) is 11.0. The maximum atomic E-state index is 12.7. The number of hydrogen-bond acceptors (Lipinski definition) is 5. The summed E-state index contributed by atoms with van der Waals surface area (Å²) in [6.07, 6.45) is 0.620. The highest BCUT2D eigenvalue weighted by Crippen LogP contribution is 2.25. The predicted molar refractivity (Wildman–Crippen MR) is 96.2 cm³/mol. The van der Waals surface area contributed by atoms with Crippen LogP contribution in [0.1, 0.15) is 20.3 Å². The summed E-state index contributed by atoms with van der Waals surface area (Å²) in [6, 6.07) is 6.33. The van der Waals surface area contributed by atoms with E-state index in [0.29, 0.717) is 18.7 Å². The van der Waals surface area contributed by atoms with Gasteiger partial charge in [-0.3, -0.25) is 0 Å². The quantitative estimate of drug-likeness (QED) is 0.729. The molecule has 1 aliphatic heterocycles. The van der Waals surface area contributed by atoms with E-state index >= 15 is 0 Å². The van der Waals surface area contributed by atoms with Crippen LogP contribution in [0.25, 0.3) is 0 Å². The Kier molecular flexibility index (Phi) is 6.26. The molecule has 0 spiro atoms. The highest BCUT2D eigenvalue weighted by Gasteiger charge is 2.32. The summed E-state index contributed by atoms with van der Waals surface area (Å²) in [5.74, 6) is 0.556. The first-order valence-electron chi connectivity index (χ1n) is 8.03. The molecule has 2 rings (SSSR count). The Morgan fingerprint density at radius 3 is 2.48 bits per heavy atom. The van der Waals surface area contributed by atoms with Crippen molar-refractivity contribution in [2.75, 3.05) is 19.6 Å². The van der Waals surface area contributed by atoms with E-state index in [9.17, 15) is 16.8 Å². The van der Waals surface area contributed by atoms with Crippen molar-refractivity contribution in [2.24, 2.45) is 5.92 Å². The molecule has 25 heavy (non-hydrogen) atoms. The summed E-state index contributed by atoms with van der Waals surface area (Å²) >= 11 is 0. The molecule has 7 nitrogen and oxygen atoms in total. The second-order valence-corrected chi connectivity index (χ2v) is 9.87. The van der Waals surface area contributed by atoms with Crippen LogP contribution < -0.4 is 9.46 Å². The molecule has 1 aromatic rings. The summed E-state index contributed by atoms with van der Waals surface area (Å²) in [5, 5.41) is 0.844. The van der Waals surface area contributed by atoms with E-state index in [1.165, 1.54) is 16.4 Å². The molecule has 0 aliphatic carbocycles. The standard InChI is InChI=1S/C16H24N2O5S2/c1-4-24(19,20)17-11-14-9-10-18(12-14)25(21,22)16-7-5-15(6-8-16)23-13(2)3/h4-8,13-14,17H,1,9-12H2,2-3H3. The number of nitrogens with zero attached hydrogens (tertiary/aromatic N) is 1. The van der Waals surface area contributed by atoms with Gasteiger partial charge in [-0.25, -0.2) is 21.6 Å². The third kappa shape index (κ3) is 5.27. The molecule has 1 heterocycles. The Hall–Kier alpha value is -1.42. The third-order valence-corrected chi connectivity index (χ3v) is 6.76. The number of rotatable bonds is 8. The van der Waals surface area contributed by atoms with Crippen molar-refractivity contribution in [3.63, 3.8) is 0 Å².